The van der Waals surface area contributed by atoms with E-state index in [9.17, 15) is 13.2 Å². The first-order valence-corrected chi connectivity index (χ1v) is 12.5. The van der Waals surface area contributed by atoms with Crippen molar-refractivity contribution in [1.29, 1.82) is 0 Å². The SMILES string of the molecule is CC(C)CN(c1cc2c(cc1OCc1ccc(C(=O)O)cc1)OCC2)S(=O)(=O)c1ccccc1. The van der Waals surface area contributed by atoms with Crippen molar-refractivity contribution in [3.8, 4) is 11.5 Å². The van der Waals surface area contributed by atoms with Crippen LogP contribution >= 0.6 is 0 Å². The normalized spacial score (nSPS) is 12.8. The van der Waals surface area contributed by atoms with Crippen LogP contribution in [0.2, 0.25) is 0 Å². The maximum atomic E-state index is 13.7. The molecule has 0 atom stereocenters. The molecule has 1 aliphatic rings. The Labute approximate surface area is 199 Å². The molecule has 0 amide bonds. The van der Waals surface area contributed by atoms with Gasteiger partial charge in [-0.2, -0.15) is 0 Å². The van der Waals surface area contributed by atoms with Gasteiger partial charge in [-0.15, -0.1) is 0 Å². The summed E-state index contributed by atoms with van der Waals surface area (Å²) < 4.78 is 40.6. The lowest BCUT2D eigenvalue weighted by Crippen LogP contribution is -2.34. The van der Waals surface area contributed by atoms with Crippen LogP contribution in [0.3, 0.4) is 0 Å². The highest BCUT2D eigenvalue weighted by Crippen LogP contribution is 2.41. The Morgan fingerprint density at radius 3 is 2.44 bits per heavy atom. The van der Waals surface area contributed by atoms with Crippen molar-refractivity contribution in [1.82, 2.24) is 0 Å². The van der Waals surface area contributed by atoms with Gasteiger partial charge in [0, 0.05) is 19.0 Å². The molecule has 0 spiro atoms. The van der Waals surface area contributed by atoms with Gasteiger partial charge >= 0.3 is 5.97 Å². The second kappa shape index (κ2) is 9.77. The molecule has 7 nitrogen and oxygen atoms in total. The van der Waals surface area contributed by atoms with E-state index < -0.39 is 16.0 Å². The number of rotatable bonds is 9. The van der Waals surface area contributed by atoms with Crippen LogP contribution in [0.4, 0.5) is 5.69 Å². The Bertz CT molecular complexity index is 1270. The van der Waals surface area contributed by atoms with E-state index in [0.29, 0.717) is 30.2 Å². The lowest BCUT2D eigenvalue weighted by molar-refractivity contribution is 0.0697. The first-order valence-electron chi connectivity index (χ1n) is 11.1. The molecule has 3 aromatic carbocycles. The van der Waals surface area contributed by atoms with Gasteiger partial charge in [0.25, 0.3) is 10.0 Å². The van der Waals surface area contributed by atoms with E-state index in [-0.39, 0.29) is 29.5 Å². The summed E-state index contributed by atoms with van der Waals surface area (Å²) in [7, 11) is -3.84. The van der Waals surface area contributed by atoms with Crippen molar-refractivity contribution in [2.24, 2.45) is 5.92 Å². The number of carboxylic acid groups (broad SMARTS) is 1. The van der Waals surface area contributed by atoms with Crippen molar-refractivity contribution in [2.75, 3.05) is 17.5 Å². The van der Waals surface area contributed by atoms with E-state index in [1.54, 1.807) is 48.5 Å². The molecule has 178 valence electrons. The summed E-state index contributed by atoms with van der Waals surface area (Å²) >= 11 is 0. The second-order valence-corrected chi connectivity index (χ2v) is 10.4. The standard InChI is InChI=1S/C26H27NO6S/c1-18(2)16-27(34(30,31)22-6-4-3-5-7-22)23-14-21-12-13-32-24(21)15-25(23)33-17-19-8-10-20(11-9-19)26(28)29/h3-11,14-15,18H,12-13,16-17H2,1-2H3,(H,28,29). The number of anilines is 1. The zero-order valence-corrected chi connectivity index (χ0v) is 19.9. The predicted molar refractivity (Wildman–Crippen MR) is 129 cm³/mol. The lowest BCUT2D eigenvalue weighted by atomic mass is 10.1. The van der Waals surface area contributed by atoms with E-state index in [2.05, 4.69) is 0 Å². The van der Waals surface area contributed by atoms with Crippen molar-refractivity contribution in [2.45, 2.75) is 31.8 Å². The largest absolute Gasteiger partial charge is 0.493 e. The van der Waals surface area contributed by atoms with Crippen LogP contribution in [-0.2, 0) is 23.1 Å². The van der Waals surface area contributed by atoms with Crippen molar-refractivity contribution in [3.05, 3.63) is 83.4 Å². The Morgan fingerprint density at radius 1 is 1.09 bits per heavy atom. The molecule has 0 saturated carbocycles. The summed E-state index contributed by atoms with van der Waals surface area (Å²) in [4.78, 5) is 11.3. The minimum atomic E-state index is -3.84. The van der Waals surface area contributed by atoms with Crippen LogP contribution < -0.4 is 13.8 Å². The third kappa shape index (κ3) is 5.02. The van der Waals surface area contributed by atoms with Gasteiger partial charge < -0.3 is 14.6 Å². The van der Waals surface area contributed by atoms with Gasteiger partial charge in [0.2, 0.25) is 0 Å². The van der Waals surface area contributed by atoms with Crippen LogP contribution in [0.25, 0.3) is 0 Å². The smallest absolute Gasteiger partial charge is 0.335 e. The van der Waals surface area contributed by atoms with E-state index in [1.165, 1.54) is 16.4 Å². The zero-order valence-electron chi connectivity index (χ0n) is 19.1. The molecule has 1 aliphatic heterocycles. The number of nitrogens with zero attached hydrogens (tertiary/aromatic N) is 1. The number of hydrogen-bond acceptors (Lipinski definition) is 5. The summed E-state index contributed by atoms with van der Waals surface area (Å²) in [6.45, 7) is 4.89. The molecule has 0 aromatic heterocycles. The Hall–Kier alpha value is -3.52. The molecule has 34 heavy (non-hydrogen) atoms. The zero-order chi connectivity index (χ0) is 24.3. The van der Waals surface area contributed by atoms with Crippen LogP contribution in [0.15, 0.2) is 71.6 Å². The van der Waals surface area contributed by atoms with E-state index in [1.807, 2.05) is 19.9 Å². The monoisotopic (exact) mass is 481 g/mol. The quantitative estimate of drug-likeness (QED) is 0.474. The van der Waals surface area contributed by atoms with Gasteiger partial charge in [0.05, 0.1) is 22.8 Å². The number of hydrogen-bond donors (Lipinski definition) is 1. The van der Waals surface area contributed by atoms with Crippen molar-refractivity contribution >= 4 is 21.7 Å². The van der Waals surface area contributed by atoms with Crippen molar-refractivity contribution < 1.29 is 27.8 Å². The van der Waals surface area contributed by atoms with E-state index >= 15 is 0 Å². The minimum Gasteiger partial charge on any atom is -0.493 e. The van der Waals surface area contributed by atoms with Gasteiger partial charge in [-0.3, -0.25) is 4.31 Å². The number of benzene rings is 3. The lowest BCUT2D eigenvalue weighted by Gasteiger charge is -2.28. The highest BCUT2D eigenvalue weighted by molar-refractivity contribution is 7.92. The maximum Gasteiger partial charge on any atom is 0.335 e. The third-order valence-electron chi connectivity index (χ3n) is 5.50. The fourth-order valence-electron chi connectivity index (χ4n) is 3.79. The van der Waals surface area contributed by atoms with Gasteiger partial charge in [-0.1, -0.05) is 44.2 Å². The first-order chi connectivity index (χ1) is 16.3. The predicted octanol–water partition coefficient (Wildman–Crippen LogP) is 4.75. The van der Waals surface area contributed by atoms with Gasteiger partial charge in [-0.05, 0) is 47.4 Å². The summed E-state index contributed by atoms with van der Waals surface area (Å²) in [5.41, 5.74) is 2.35. The first kappa shape index (κ1) is 23.6. The molecule has 0 bridgehead atoms. The number of sulfonamides is 1. The molecule has 1 N–H and O–H groups in total. The van der Waals surface area contributed by atoms with Gasteiger partial charge in [0.15, 0.2) is 0 Å². The van der Waals surface area contributed by atoms with Crippen LogP contribution in [0.5, 0.6) is 11.5 Å². The molecule has 0 radical (unpaired) electrons. The van der Waals surface area contributed by atoms with Gasteiger partial charge in [-0.25, -0.2) is 13.2 Å². The number of carbonyl (C=O) groups is 1. The number of ether oxygens (including phenoxy) is 2. The molecule has 0 aliphatic carbocycles. The summed E-state index contributed by atoms with van der Waals surface area (Å²) in [5, 5.41) is 9.11. The summed E-state index contributed by atoms with van der Waals surface area (Å²) in [5.74, 6) is 0.144. The fraction of sp³-hybridized carbons (Fsp3) is 0.269. The molecule has 4 rings (SSSR count). The third-order valence-corrected chi connectivity index (χ3v) is 7.29. The van der Waals surface area contributed by atoms with Crippen LogP contribution in [0.1, 0.15) is 35.3 Å². The van der Waals surface area contributed by atoms with E-state index in [0.717, 1.165) is 11.1 Å². The Morgan fingerprint density at radius 2 is 1.79 bits per heavy atom. The minimum absolute atomic E-state index is 0.0689. The van der Waals surface area contributed by atoms with Crippen LogP contribution in [0, 0.1) is 5.92 Å². The summed E-state index contributed by atoms with van der Waals surface area (Å²) in [6.07, 6.45) is 0.695. The maximum absolute atomic E-state index is 13.7. The fourth-order valence-corrected chi connectivity index (χ4v) is 5.44. The summed E-state index contributed by atoms with van der Waals surface area (Å²) in [6, 6.07) is 18.3. The topological polar surface area (TPSA) is 93.1 Å². The number of fused-ring (bicyclic) bond motifs is 1. The number of carboxylic acids is 1. The molecular weight excluding hydrogens is 454 g/mol. The number of aromatic carboxylic acids is 1. The molecule has 3 aromatic rings. The highest BCUT2D eigenvalue weighted by atomic mass is 32.2. The average molecular weight is 482 g/mol. The second-order valence-electron chi connectivity index (χ2n) is 8.56. The van der Waals surface area contributed by atoms with E-state index in [4.69, 9.17) is 14.6 Å². The molecule has 0 saturated heterocycles. The van der Waals surface area contributed by atoms with Crippen LogP contribution in [-0.4, -0.2) is 32.6 Å². The Balaban J connectivity index is 1.73. The molecule has 0 fully saturated rings. The Kier molecular flexibility index (Phi) is 6.79. The molecule has 0 unspecified atom stereocenters. The molecule has 8 heteroatoms. The molecular formula is C26H27NO6S. The molecule has 1 heterocycles. The van der Waals surface area contributed by atoms with Gasteiger partial charge in [0.1, 0.15) is 18.1 Å². The highest BCUT2D eigenvalue weighted by Gasteiger charge is 2.30. The average Bonchev–Trinajstić information content (AvgIpc) is 3.28. The van der Waals surface area contributed by atoms with Crippen molar-refractivity contribution in [3.63, 3.8) is 0 Å².